The second kappa shape index (κ2) is 6.27. The number of alkyl carbamates (subject to hydrolysis) is 1. The molecule has 4 heteroatoms. The van der Waals surface area contributed by atoms with Crippen LogP contribution in [0.3, 0.4) is 0 Å². The average molecular weight is 276 g/mol. The van der Waals surface area contributed by atoms with E-state index in [2.05, 4.69) is 34.9 Å². The van der Waals surface area contributed by atoms with E-state index in [9.17, 15) is 4.79 Å². The highest BCUT2D eigenvalue weighted by molar-refractivity contribution is 5.68. The molecule has 1 heterocycles. The third-order valence-electron chi connectivity index (χ3n) is 3.34. The number of amides is 1. The van der Waals surface area contributed by atoms with Gasteiger partial charge in [0.15, 0.2) is 0 Å². The molecule has 4 nitrogen and oxygen atoms in total. The van der Waals surface area contributed by atoms with Crippen molar-refractivity contribution in [1.29, 1.82) is 0 Å². The summed E-state index contributed by atoms with van der Waals surface area (Å²) in [5.74, 6) is 0. The van der Waals surface area contributed by atoms with Crippen molar-refractivity contribution in [3.63, 3.8) is 0 Å². The maximum Gasteiger partial charge on any atom is 0.407 e. The van der Waals surface area contributed by atoms with Crippen molar-refractivity contribution < 1.29 is 9.53 Å². The third-order valence-corrected chi connectivity index (χ3v) is 3.34. The first-order valence-electron chi connectivity index (χ1n) is 7.19. The van der Waals surface area contributed by atoms with E-state index in [1.165, 1.54) is 11.1 Å². The Labute approximate surface area is 120 Å². The molecule has 0 unspecified atom stereocenters. The Morgan fingerprint density at radius 2 is 2.05 bits per heavy atom. The van der Waals surface area contributed by atoms with Crippen molar-refractivity contribution in [3.05, 3.63) is 35.4 Å². The van der Waals surface area contributed by atoms with Gasteiger partial charge in [-0.2, -0.15) is 0 Å². The Balaban J connectivity index is 1.73. The lowest BCUT2D eigenvalue weighted by Crippen LogP contribution is -2.42. The number of nitrogens with one attached hydrogen (secondary N) is 2. The summed E-state index contributed by atoms with van der Waals surface area (Å²) in [6, 6.07) is 8.87. The highest BCUT2D eigenvalue weighted by Gasteiger charge is 2.18. The van der Waals surface area contributed by atoms with Crippen molar-refractivity contribution in [2.75, 3.05) is 6.61 Å². The third kappa shape index (κ3) is 4.53. The molecule has 1 aliphatic rings. The number of rotatable bonds is 3. The second-order valence-corrected chi connectivity index (χ2v) is 6.35. The first kappa shape index (κ1) is 14.9. The summed E-state index contributed by atoms with van der Waals surface area (Å²) >= 11 is 0. The number of hydrogen-bond donors (Lipinski definition) is 2. The predicted molar refractivity (Wildman–Crippen MR) is 79.6 cm³/mol. The van der Waals surface area contributed by atoms with Crippen LogP contribution in [0.2, 0.25) is 0 Å². The smallest absolute Gasteiger partial charge is 0.407 e. The molecule has 0 saturated carbocycles. The number of carbonyl (C=O) groups is 1. The summed E-state index contributed by atoms with van der Waals surface area (Å²) < 4.78 is 5.22. The molecule has 0 radical (unpaired) electrons. The Hall–Kier alpha value is -1.55. The van der Waals surface area contributed by atoms with Crippen LogP contribution in [0.1, 0.15) is 38.3 Å². The van der Waals surface area contributed by atoms with Gasteiger partial charge in [0, 0.05) is 18.1 Å². The molecule has 0 bridgehead atoms. The van der Waals surface area contributed by atoms with Crippen LogP contribution in [-0.2, 0) is 17.7 Å². The van der Waals surface area contributed by atoms with E-state index < -0.39 is 0 Å². The van der Waals surface area contributed by atoms with Crippen LogP contribution in [-0.4, -0.2) is 24.3 Å². The van der Waals surface area contributed by atoms with Crippen LogP contribution in [0.15, 0.2) is 24.3 Å². The number of fused-ring (bicyclic) bond motifs is 1. The van der Waals surface area contributed by atoms with Crippen LogP contribution in [0, 0.1) is 0 Å². The first-order chi connectivity index (χ1) is 9.44. The van der Waals surface area contributed by atoms with Gasteiger partial charge in [-0.05, 0) is 44.7 Å². The normalized spacial score (nSPS) is 18.2. The molecular formula is C16H24N2O2. The molecule has 0 fully saturated rings. The monoisotopic (exact) mass is 276 g/mol. The van der Waals surface area contributed by atoms with Crippen LogP contribution in [0.25, 0.3) is 0 Å². The number of hydrogen-bond acceptors (Lipinski definition) is 3. The average Bonchev–Trinajstić information content (AvgIpc) is 2.36. The minimum atomic E-state index is -0.339. The van der Waals surface area contributed by atoms with Gasteiger partial charge in [0.05, 0.1) is 6.61 Å². The number of ether oxygens (including phenoxy) is 1. The second-order valence-electron chi connectivity index (χ2n) is 6.35. The van der Waals surface area contributed by atoms with Crippen LogP contribution < -0.4 is 10.6 Å². The van der Waals surface area contributed by atoms with Crippen molar-refractivity contribution in [2.45, 2.75) is 51.7 Å². The lowest BCUT2D eigenvalue weighted by molar-refractivity contribution is 0.132. The first-order valence-corrected chi connectivity index (χ1v) is 7.19. The lowest BCUT2D eigenvalue weighted by Gasteiger charge is -2.26. The van der Waals surface area contributed by atoms with E-state index in [4.69, 9.17) is 4.74 Å². The van der Waals surface area contributed by atoms with Crippen LogP contribution in [0.4, 0.5) is 4.79 Å². The molecule has 2 rings (SSSR count). The Bertz CT molecular complexity index is 466. The van der Waals surface area contributed by atoms with E-state index in [1.54, 1.807) is 0 Å². The minimum absolute atomic E-state index is 0.251. The fraction of sp³-hybridized carbons (Fsp3) is 0.562. The van der Waals surface area contributed by atoms with E-state index >= 15 is 0 Å². The molecule has 20 heavy (non-hydrogen) atoms. The van der Waals surface area contributed by atoms with Crippen LogP contribution in [0.5, 0.6) is 0 Å². The Morgan fingerprint density at radius 3 is 2.75 bits per heavy atom. The molecule has 1 aromatic carbocycles. The maximum atomic E-state index is 11.5. The highest BCUT2D eigenvalue weighted by atomic mass is 16.5. The summed E-state index contributed by atoms with van der Waals surface area (Å²) in [6.07, 6.45) is 1.50. The summed E-state index contributed by atoms with van der Waals surface area (Å²) in [7, 11) is 0. The Morgan fingerprint density at radius 1 is 1.35 bits per heavy atom. The summed E-state index contributed by atoms with van der Waals surface area (Å²) in [6.45, 7) is 7.16. The minimum Gasteiger partial charge on any atom is -0.449 e. The van der Waals surface area contributed by atoms with Crippen molar-refractivity contribution >= 4 is 6.09 Å². The molecule has 1 amide bonds. The molecule has 1 aromatic rings. The van der Waals surface area contributed by atoms with Gasteiger partial charge >= 0.3 is 6.09 Å². The van der Waals surface area contributed by atoms with Gasteiger partial charge in [-0.3, -0.25) is 0 Å². The molecule has 0 spiro atoms. The predicted octanol–water partition coefficient (Wildman–Crippen LogP) is 2.62. The topological polar surface area (TPSA) is 50.4 Å². The fourth-order valence-electron chi connectivity index (χ4n) is 2.36. The summed E-state index contributed by atoms with van der Waals surface area (Å²) in [5, 5.41) is 6.28. The number of carbonyl (C=O) groups excluding carboxylic acids is 1. The van der Waals surface area contributed by atoms with E-state index in [0.717, 1.165) is 19.4 Å². The maximum absolute atomic E-state index is 11.5. The summed E-state index contributed by atoms with van der Waals surface area (Å²) in [5.41, 5.74) is 2.52. The molecule has 1 atom stereocenters. The van der Waals surface area contributed by atoms with E-state index in [0.29, 0.717) is 12.6 Å². The SMILES string of the molecule is CC(C)(C)NC(=O)OCC[C@@H]1Cc2ccccc2CN1. The largest absolute Gasteiger partial charge is 0.449 e. The van der Waals surface area contributed by atoms with Gasteiger partial charge in [-0.25, -0.2) is 4.79 Å². The van der Waals surface area contributed by atoms with Gasteiger partial charge < -0.3 is 15.4 Å². The van der Waals surface area contributed by atoms with Gasteiger partial charge in [0.1, 0.15) is 0 Å². The van der Waals surface area contributed by atoms with Gasteiger partial charge in [0.2, 0.25) is 0 Å². The summed E-state index contributed by atoms with van der Waals surface area (Å²) in [4.78, 5) is 11.5. The molecule has 2 N–H and O–H groups in total. The molecular weight excluding hydrogens is 252 g/mol. The number of benzene rings is 1. The zero-order chi connectivity index (χ0) is 14.6. The van der Waals surface area contributed by atoms with Crippen LogP contribution >= 0.6 is 0 Å². The van der Waals surface area contributed by atoms with Gasteiger partial charge in [-0.1, -0.05) is 24.3 Å². The van der Waals surface area contributed by atoms with Gasteiger partial charge in [0.25, 0.3) is 0 Å². The van der Waals surface area contributed by atoms with Gasteiger partial charge in [-0.15, -0.1) is 0 Å². The van der Waals surface area contributed by atoms with Crippen molar-refractivity contribution in [1.82, 2.24) is 10.6 Å². The lowest BCUT2D eigenvalue weighted by atomic mass is 9.94. The standard InChI is InChI=1S/C16H24N2O2/c1-16(2,3)18-15(19)20-9-8-14-10-12-6-4-5-7-13(12)11-17-14/h4-7,14,17H,8-11H2,1-3H3,(H,18,19)/t14-/m1/s1. The van der Waals surface area contributed by atoms with E-state index in [-0.39, 0.29) is 11.6 Å². The zero-order valence-electron chi connectivity index (χ0n) is 12.5. The van der Waals surface area contributed by atoms with Crippen molar-refractivity contribution in [3.8, 4) is 0 Å². The Kier molecular flexibility index (Phi) is 4.65. The molecule has 1 aliphatic heterocycles. The van der Waals surface area contributed by atoms with Crippen molar-refractivity contribution in [2.24, 2.45) is 0 Å². The fourth-order valence-corrected chi connectivity index (χ4v) is 2.36. The highest BCUT2D eigenvalue weighted by Crippen LogP contribution is 2.17. The quantitative estimate of drug-likeness (QED) is 0.892. The molecule has 110 valence electrons. The molecule has 0 aromatic heterocycles. The molecule has 0 aliphatic carbocycles. The molecule has 0 saturated heterocycles. The zero-order valence-corrected chi connectivity index (χ0v) is 12.5. The van der Waals surface area contributed by atoms with E-state index in [1.807, 2.05) is 20.8 Å².